The lowest BCUT2D eigenvalue weighted by molar-refractivity contribution is -0.0385. The standard InChI is InChI=1S/C21H29N3O3S/c1-20(2,3)27-19(25)24-10-8-15(9-11-24)21(4,26)18-23-13-17(28-18)14-6-5-7-16(22)12-14/h5-7,12-13,15,26H,8-11,22H2,1-4H3. The van der Waals surface area contributed by atoms with Gasteiger partial charge in [-0.05, 0) is 64.2 Å². The number of likely N-dealkylation sites (tertiary alicyclic amines) is 1. The highest BCUT2D eigenvalue weighted by atomic mass is 32.1. The molecule has 1 amide bonds. The van der Waals surface area contributed by atoms with Crippen LogP contribution in [0.5, 0.6) is 0 Å². The van der Waals surface area contributed by atoms with E-state index in [9.17, 15) is 9.90 Å². The normalized spacial score (nSPS) is 18.0. The predicted octanol–water partition coefficient (Wildman–Crippen LogP) is 4.25. The van der Waals surface area contributed by atoms with Crippen LogP contribution in [0.25, 0.3) is 10.4 Å². The predicted molar refractivity (Wildman–Crippen MR) is 112 cm³/mol. The van der Waals surface area contributed by atoms with Crippen LogP contribution in [-0.4, -0.2) is 39.8 Å². The SMILES string of the molecule is CC(C)(C)OC(=O)N1CCC(C(C)(O)c2ncc(-c3cccc(N)c3)s2)CC1. The van der Waals surface area contributed by atoms with Crippen molar-refractivity contribution >= 4 is 23.1 Å². The lowest BCUT2D eigenvalue weighted by Crippen LogP contribution is -2.45. The van der Waals surface area contributed by atoms with Gasteiger partial charge in [-0.15, -0.1) is 11.3 Å². The smallest absolute Gasteiger partial charge is 0.410 e. The van der Waals surface area contributed by atoms with Gasteiger partial charge in [-0.3, -0.25) is 0 Å². The van der Waals surface area contributed by atoms with Gasteiger partial charge in [0.15, 0.2) is 0 Å². The maximum atomic E-state index is 12.2. The summed E-state index contributed by atoms with van der Waals surface area (Å²) < 4.78 is 5.45. The van der Waals surface area contributed by atoms with Gasteiger partial charge in [-0.25, -0.2) is 9.78 Å². The number of nitrogen functional groups attached to an aromatic ring is 1. The van der Waals surface area contributed by atoms with Crippen molar-refractivity contribution in [3.8, 4) is 10.4 Å². The number of nitrogens with two attached hydrogens (primary N) is 1. The monoisotopic (exact) mass is 403 g/mol. The van der Waals surface area contributed by atoms with Crippen LogP contribution in [-0.2, 0) is 10.3 Å². The summed E-state index contributed by atoms with van der Waals surface area (Å²) in [6.45, 7) is 8.56. The molecule has 2 heterocycles. The minimum absolute atomic E-state index is 0.0334. The van der Waals surface area contributed by atoms with E-state index in [1.165, 1.54) is 11.3 Å². The molecule has 1 unspecified atom stereocenters. The van der Waals surface area contributed by atoms with Crippen LogP contribution >= 0.6 is 11.3 Å². The number of nitrogens with zero attached hydrogens (tertiary/aromatic N) is 2. The van der Waals surface area contributed by atoms with Gasteiger partial charge in [-0.1, -0.05) is 12.1 Å². The molecule has 152 valence electrons. The molecule has 0 spiro atoms. The van der Waals surface area contributed by atoms with E-state index in [1.807, 2.05) is 52.0 Å². The first-order chi connectivity index (χ1) is 13.1. The first-order valence-electron chi connectivity index (χ1n) is 9.59. The van der Waals surface area contributed by atoms with Gasteiger partial charge in [-0.2, -0.15) is 0 Å². The molecule has 1 fully saturated rings. The second kappa shape index (κ2) is 7.72. The van der Waals surface area contributed by atoms with Crippen LogP contribution in [0.3, 0.4) is 0 Å². The van der Waals surface area contributed by atoms with Gasteiger partial charge in [0.2, 0.25) is 0 Å². The quantitative estimate of drug-likeness (QED) is 0.748. The minimum Gasteiger partial charge on any atom is -0.444 e. The largest absolute Gasteiger partial charge is 0.444 e. The molecule has 28 heavy (non-hydrogen) atoms. The zero-order valence-electron chi connectivity index (χ0n) is 16.9. The molecule has 1 atom stereocenters. The van der Waals surface area contributed by atoms with Gasteiger partial charge in [0.05, 0.1) is 4.88 Å². The van der Waals surface area contributed by atoms with Crippen molar-refractivity contribution in [2.45, 2.75) is 51.7 Å². The first kappa shape index (κ1) is 20.6. The van der Waals surface area contributed by atoms with Gasteiger partial charge < -0.3 is 20.5 Å². The zero-order chi connectivity index (χ0) is 20.5. The third-order valence-corrected chi connectivity index (χ3v) is 6.32. The Kier molecular flexibility index (Phi) is 5.68. The summed E-state index contributed by atoms with van der Waals surface area (Å²) in [7, 11) is 0. The Morgan fingerprint density at radius 3 is 2.57 bits per heavy atom. The van der Waals surface area contributed by atoms with E-state index in [1.54, 1.807) is 11.1 Å². The molecule has 2 aromatic rings. The number of hydrogen-bond acceptors (Lipinski definition) is 6. The third kappa shape index (κ3) is 4.64. The maximum absolute atomic E-state index is 12.2. The molecule has 0 aliphatic carbocycles. The van der Waals surface area contributed by atoms with E-state index in [-0.39, 0.29) is 12.0 Å². The number of carbonyl (C=O) groups is 1. The lowest BCUT2D eigenvalue weighted by Gasteiger charge is -2.38. The minimum atomic E-state index is -1.04. The molecule has 0 bridgehead atoms. The fourth-order valence-corrected chi connectivity index (χ4v) is 4.50. The van der Waals surface area contributed by atoms with E-state index in [2.05, 4.69) is 4.98 Å². The van der Waals surface area contributed by atoms with Crippen molar-refractivity contribution in [2.24, 2.45) is 5.92 Å². The number of thiazole rings is 1. The fraction of sp³-hybridized carbons (Fsp3) is 0.524. The van der Waals surface area contributed by atoms with Crippen LogP contribution in [0, 0.1) is 5.92 Å². The Labute approximate surface area is 170 Å². The van der Waals surface area contributed by atoms with E-state index < -0.39 is 11.2 Å². The van der Waals surface area contributed by atoms with Crippen molar-refractivity contribution in [3.63, 3.8) is 0 Å². The Bertz CT molecular complexity index is 833. The molecule has 3 rings (SSSR count). The molecule has 7 heteroatoms. The second-order valence-corrected chi connectivity index (χ2v) is 9.57. The van der Waals surface area contributed by atoms with Gasteiger partial charge in [0, 0.05) is 25.0 Å². The maximum Gasteiger partial charge on any atom is 0.410 e. The average Bonchev–Trinajstić information content (AvgIpc) is 3.11. The highest BCUT2D eigenvalue weighted by Gasteiger charge is 2.39. The second-order valence-electron chi connectivity index (χ2n) is 8.54. The molecule has 1 aromatic carbocycles. The molecule has 1 aromatic heterocycles. The lowest BCUT2D eigenvalue weighted by atomic mass is 9.82. The van der Waals surface area contributed by atoms with Gasteiger partial charge >= 0.3 is 6.09 Å². The van der Waals surface area contributed by atoms with Crippen molar-refractivity contribution in [1.82, 2.24) is 9.88 Å². The molecule has 6 nitrogen and oxygen atoms in total. The summed E-state index contributed by atoms with van der Waals surface area (Å²) in [5.74, 6) is 0.0334. The number of rotatable bonds is 3. The molecule has 1 saturated heterocycles. The number of carbonyl (C=O) groups excluding carboxylic acids is 1. The summed E-state index contributed by atoms with van der Waals surface area (Å²) in [5.41, 5.74) is 6.03. The van der Waals surface area contributed by atoms with Crippen LogP contribution in [0.4, 0.5) is 10.5 Å². The fourth-order valence-electron chi connectivity index (χ4n) is 3.46. The molecular formula is C21H29N3O3S. The number of ether oxygens (including phenoxy) is 1. The Morgan fingerprint density at radius 2 is 1.96 bits per heavy atom. The Hall–Kier alpha value is -2.12. The highest BCUT2D eigenvalue weighted by Crippen LogP contribution is 2.40. The van der Waals surface area contributed by atoms with Crippen LogP contribution in [0.15, 0.2) is 30.5 Å². The Morgan fingerprint density at radius 1 is 1.29 bits per heavy atom. The number of amides is 1. The van der Waals surface area contributed by atoms with Crippen LogP contribution < -0.4 is 5.73 Å². The van der Waals surface area contributed by atoms with Crippen LogP contribution in [0.2, 0.25) is 0 Å². The molecular weight excluding hydrogens is 374 g/mol. The van der Waals surface area contributed by atoms with Crippen molar-refractivity contribution in [3.05, 3.63) is 35.5 Å². The average molecular weight is 404 g/mol. The summed E-state index contributed by atoms with van der Waals surface area (Å²) >= 11 is 1.49. The number of anilines is 1. The number of benzene rings is 1. The van der Waals surface area contributed by atoms with Gasteiger partial charge in [0.1, 0.15) is 16.2 Å². The van der Waals surface area contributed by atoms with Crippen molar-refractivity contribution in [1.29, 1.82) is 0 Å². The third-order valence-electron chi connectivity index (χ3n) is 5.05. The van der Waals surface area contributed by atoms with E-state index in [4.69, 9.17) is 10.5 Å². The van der Waals surface area contributed by atoms with Crippen LogP contribution in [0.1, 0.15) is 45.5 Å². The van der Waals surface area contributed by atoms with E-state index in [0.717, 1.165) is 10.4 Å². The number of hydrogen-bond donors (Lipinski definition) is 2. The number of piperidine rings is 1. The first-order valence-corrected chi connectivity index (χ1v) is 10.4. The topological polar surface area (TPSA) is 88.7 Å². The zero-order valence-corrected chi connectivity index (χ0v) is 17.8. The highest BCUT2D eigenvalue weighted by molar-refractivity contribution is 7.15. The molecule has 0 radical (unpaired) electrons. The molecule has 1 aliphatic heterocycles. The molecule has 0 saturated carbocycles. The molecule has 3 N–H and O–H groups in total. The number of aromatic nitrogens is 1. The van der Waals surface area contributed by atoms with Gasteiger partial charge in [0.25, 0.3) is 0 Å². The number of aliphatic hydroxyl groups is 1. The van der Waals surface area contributed by atoms with Crippen molar-refractivity contribution < 1.29 is 14.6 Å². The molecule has 1 aliphatic rings. The van der Waals surface area contributed by atoms with E-state index >= 15 is 0 Å². The van der Waals surface area contributed by atoms with Crippen molar-refractivity contribution in [2.75, 3.05) is 18.8 Å². The summed E-state index contributed by atoms with van der Waals surface area (Å²) in [6, 6.07) is 7.65. The summed E-state index contributed by atoms with van der Waals surface area (Å²) in [6.07, 6.45) is 2.92. The van der Waals surface area contributed by atoms with E-state index in [0.29, 0.717) is 36.6 Å². The summed E-state index contributed by atoms with van der Waals surface area (Å²) in [5, 5.41) is 11.9. The Balaban J connectivity index is 1.67. The summed E-state index contributed by atoms with van der Waals surface area (Å²) in [4.78, 5) is 19.4.